The van der Waals surface area contributed by atoms with Crippen LogP contribution in [0.15, 0.2) is 17.0 Å². The Hall–Kier alpha value is -1.70. The van der Waals surface area contributed by atoms with Crippen LogP contribution >= 0.6 is 35.0 Å². The fourth-order valence-electron chi connectivity index (χ4n) is 2.95. The van der Waals surface area contributed by atoms with Crippen LogP contribution in [0.1, 0.15) is 25.3 Å². The number of hydrogen-bond acceptors (Lipinski definition) is 5. The molecule has 6 nitrogen and oxygen atoms in total. The van der Waals surface area contributed by atoms with Crippen molar-refractivity contribution in [3.8, 4) is 5.75 Å². The van der Waals surface area contributed by atoms with Gasteiger partial charge in [-0.15, -0.1) is 0 Å². The molecule has 0 atom stereocenters. The third-order valence-corrected chi connectivity index (χ3v) is 6.12. The minimum absolute atomic E-state index is 0.0440. The van der Waals surface area contributed by atoms with Crippen molar-refractivity contribution < 1.29 is 19.5 Å². The number of carbonyl (C=O) groups excluding carboxylic acids is 3. The molecule has 2 aliphatic rings. The molecule has 0 spiro atoms. The van der Waals surface area contributed by atoms with Gasteiger partial charge >= 0.3 is 0 Å². The monoisotopic (exact) mass is 428 g/mol. The number of amides is 3. The SMILES string of the molecule is CC1CCN(C(=O)CN2C(=O)S/C(=C\c3cc(Cl)c(O)c(Cl)c3)C2=O)CC1. The van der Waals surface area contributed by atoms with Crippen LogP contribution in [-0.2, 0) is 9.59 Å². The predicted octanol–water partition coefficient (Wildman–Crippen LogP) is 3.99. The first-order chi connectivity index (χ1) is 12.8. The summed E-state index contributed by atoms with van der Waals surface area (Å²) < 4.78 is 0. The molecule has 0 unspecified atom stereocenters. The van der Waals surface area contributed by atoms with Crippen LogP contribution < -0.4 is 0 Å². The number of benzene rings is 1. The highest BCUT2D eigenvalue weighted by atomic mass is 35.5. The summed E-state index contributed by atoms with van der Waals surface area (Å²) >= 11 is 12.5. The van der Waals surface area contributed by atoms with E-state index < -0.39 is 11.1 Å². The van der Waals surface area contributed by atoms with Gasteiger partial charge in [-0.2, -0.15) is 0 Å². The van der Waals surface area contributed by atoms with Crippen molar-refractivity contribution in [2.24, 2.45) is 5.92 Å². The number of nitrogens with zero attached hydrogens (tertiary/aromatic N) is 2. The minimum atomic E-state index is -0.524. The fourth-order valence-corrected chi connectivity index (χ4v) is 4.29. The van der Waals surface area contributed by atoms with Crippen molar-refractivity contribution in [2.45, 2.75) is 19.8 Å². The Morgan fingerprint density at radius 3 is 2.44 bits per heavy atom. The molecule has 0 saturated carbocycles. The van der Waals surface area contributed by atoms with Crippen molar-refractivity contribution in [3.05, 3.63) is 32.6 Å². The summed E-state index contributed by atoms with van der Waals surface area (Å²) in [5.74, 6) is -0.409. The van der Waals surface area contributed by atoms with Crippen molar-refractivity contribution in [1.29, 1.82) is 0 Å². The standard InChI is InChI=1S/C18H18Cl2N2O4S/c1-10-2-4-21(5-3-10)15(23)9-22-17(25)14(27-18(22)26)8-11-6-12(19)16(24)13(20)7-11/h6-8,10,24H,2-5,9H2,1H3/b14-8-. The highest BCUT2D eigenvalue weighted by Crippen LogP contribution is 2.36. The third-order valence-electron chi connectivity index (χ3n) is 4.64. The van der Waals surface area contributed by atoms with Gasteiger partial charge in [0.1, 0.15) is 6.54 Å². The molecule has 0 aliphatic carbocycles. The molecule has 2 aliphatic heterocycles. The number of halogens is 2. The lowest BCUT2D eigenvalue weighted by Crippen LogP contribution is -2.45. The van der Waals surface area contributed by atoms with Gasteiger partial charge in [-0.25, -0.2) is 0 Å². The predicted molar refractivity (Wildman–Crippen MR) is 106 cm³/mol. The van der Waals surface area contributed by atoms with Crippen LogP contribution in [0.3, 0.4) is 0 Å². The zero-order valence-electron chi connectivity index (χ0n) is 14.6. The number of hydrogen-bond donors (Lipinski definition) is 1. The van der Waals surface area contributed by atoms with Crippen LogP contribution in [0.4, 0.5) is 4.79 Å². The first kappa shape index (κ1) is 20.0. The van der Waals surface area contributed by atoms with Crippen molar-refractivity contribution in [3.63, 3.8) is 0 Å². The van der Waals surface area contributed by atoms with E-state index in [4.69, 9.17) is 23.2 Å². The van der Waals surface area contributed by atoms with E-state index in [9.17, 15) is 19.5 Å². The van der Waals surface area contributed by atoms with Crippen LogP contribution in [0, 0.1) is 5.92 Å². The van der Waals surface area contributed by atoms with Crippen LogP contribution in [0.25, 0.3) is 6.08 Å². The Morgan fingerprint density at radius 2 is 1.85 bits per heavy atom. The average molecular weight is 429 g/mol. The molecule has 2 saturated heterocycles. The number of piperidine rings is 1. The van der Waals surface area contributed by atoms with Gasteiger partial charge in [0, 0.05) is 13.1 Å². The highest BCUT2D eigenvalue weighted by Gasteiger charge is 2.37. The largest absolute Gasteiger partial charge is 0.505 e. The summed E-state index contributed by atoms with van der Waals surface area (Å²) in [4.78, 5) is 40.0. The molecule has 2 fully saturated rings. The number of phenols is 1. The molecule has 0 radical (unpaired) electrons. The molecule has 3 amide bonds. The Labute approximate surface area is 171 Å². The molecular weight excluding hydrogens is 411 g/mol. The summed E-state index contributed by atoms with van der Waals surface area (Å²) in [5, 5.41) is 9.21. The molecular formula is C18H18Cl2N2O4S. The molecule has 9 heteroatoms. The van der Waals surface area contributed by atoms with Crippen molar-refractivity contribution in [2.75, 3.05) is 19.6 Å². The van der Waals surface area contributed by atoms with Crippen molar-refractivity contribution in [1.82, 2.24) is 9.80 Å². The van der Waals surface area contributed by atoms with E-state index >= 15 is 0 Å². The first-order valence-corrected chi connectivity index (χ1v) is 10.0. The number of likely N-dealkylation sites (tertiary alicyclic amines) is 1. The molecule has 2 heterocycles. The van der Waals surface area contributed by atoms with E-state index in [1.165, 1.54) is 18.2 Å². The number of carbonyl (C=O) groups is 3. The van der Waals surface area contributed by atoms with Gasteiger partial charge in [0.2, 0.25) is 5.91 Å². The molecule has 144 valence electrons. The van der Waals surface area contributed by atoms with Crippen LogP contribution in [0.2, 0.25) is 10.0 Å². The van der Waals surface area contributed by atoms with E-state index in [1.807, 2.05) is 0 Å². The topological polar surface area (TPSA) is 77.9 Å². The number of thioether (sulfide) groups is 1. The zero-order valence-corrected chi connectivity index (χ0v) is 16.9. The van der Waals surface area contributed by atoms with Gasteiger partial charge in [-0.1, -0.05) is 30.1 Å². The Kier molecular flexibility index (Phi) is 6.03. The first-order valence-electron chi connectivity index (χ1n) is 8.47. The van der Waals surface area contributed by atoms with E-state index in [2.05, 4.69) is 6.92 Å². The lowest BCUT2D eigenvalue weighted by Gasteiger charge is -2.31. The van der Waals surface area contributed by atoms with Gasteiger partial charge in [-0.05, 0) is 54.3 Å². The zero-order chi connectivity index (χ0) is 19.7. The molecule has 1 N–H and O–H groups in total. The maximum absolute atomic E-state index is 12.6. The average Bonchev–Trinajstić information content (AvgIpc) is 2.87. The van der Waals surface area contributed by atoms with Crippen LogP contribution in [0.5, 0.6) is 5.75 Å². The molecule has 1 aromatic rings. The molecule has 3 rings (SSSR count). The Bertz CT molecular complexity index is 812. The van der Waals surface area contributed by atoms with E-state index in [0.29, 0.717) is 24.6 Å². The number of aromatic hydroxyl groups is 1. The summed E-state index contributed by atoms with van der Waals surface area (Å²) in [6.45, 7) is 3.19. The number of rotatable bonds is 3. The molecule has 0 aromatic heterocycles. The maximum Gasteiger partial charge on any atom is 0.294 e. The molecule has 1 aromatic carbocycles. The highest BCUT2D eigenvalue weighted by molar-refractivity contribution is 8.18. The van der Waals surface area contributed by atoms with E-state index in [0.717, 1.165) is 29.5 Å². The number of phenolic OH excluding ortho intramolecular Hbond substituents is 1. The lowest BCUT2D eigenvalue weighted by atomic mass is 9.99. The van der Waals surface area contributed by atoms with E-state index in [1.54, 1.807) is 4.90 Å². The van der Waals surface area contributed by atoms with Gasteiger partial charge in [0.25, 0.3) is 11.1 Å². The Balaban J connectivity index is 1.72. The Morgan fingerprint density at radius 1 is 1.26 bits per heavy atom. The summed E-state index contributed by atoms with van der Waals surface area (Å²) in [6.07, 6.45) is 3.32. The van der Waals surface area contributed by atoms with Crippen LogP contribution in [-0.4, -0.2) is 51.6 Å². The lowest BCUT2D eigenvalue weighted by molar-refractivity contribution is -0.136. The summed E-state index contributed by atoms with van der Waals surface area (Å²) in [6, 6.07) is 2.88. The van der Waals surface area contributed by atoms with Gasteiger partial charge in [0.15, 0.2) is 5.75 Å². The molecule has 0 bridgehead atoms. The normalized spacial score (nSPS) is 20.0. The van der Waals surface area contributed by atoms with Gasteiger partial charge < -0.3 is 10.0 Å². The van der Waals surface area contributed by atoms with Gasteiger partial charge in [-0.3, -0.25) is 19.3 Å². The quantitative estimate of drug-likeness (QED) is 0.736. The number of imide groups is 1. The second-order valence-corrected chi connectivity index (χ2v) is 8.47. The summed E-state index contributed by atoms with van der Waals surface area (Å²) in [7, 11) is 0. The fraction of sp³-hybridized carbons (Fsp3) is 0.389. The second-order valence-electron chi connectivity index (χ2n) is 6.66. The van der Waals surface area contributed by atoms with Crippen molar-refractivity contribution >= 4 is 58.1 Å². The van der Waals surface area contributed by atoms with E-state index in [-0.39, 0.29) is 33.2 Å². The van der Waals surface area contributed by atoms with Gasteiger partial charge in [0.05, 0.1) is 15.0 Å². The molecule has 27 heavy (non-hydrogen) atoms. The minimum Gasteiger partial charge on any atom is -0.505 e. The third kappa shape index (κ3) is 4.42. The maximum atomic E-state index is 12.6. The smallest absolute Gasteiger partial charge is 0.294 e. The summed E-state index contributed by atoms with van der Waals surface area (Å²) in [5.41, 5.74) is 0.477. The second kappa shape index (κ2) is 8.12.